The summed E-state index contributed by atoms with van der Waals surface area (Å²) in [5.41, 5.74) is 3.79. The van der Waals surface area contributed by atoms with Gasteiger partial charge >= 0.3 is 0 Å². The minimum absolute atomic E-state index is 0.0836. The number of aryl methyl sites for hydroxylation is 2. The van der Waals surface area contributed by atoms with Crippen LogP contribution in [0.15, 0.2) is 36.8 Å². The van der Waals surface area contributed by atoms with Crippen LogP contribution in [0.25, 0.3) is 11.3 Å². The molecule has 4 heterocycles. The first-order valence-electron chi connectivity index (χ1n) is 8.33. The van der Waals surface area contributed by atoms with E-state index in [9.17, 15) is 4.79 Å². The maximum Gasteiger partial charge on any atom is 0.223 e. The third kappa shape index (κ3) is 3.05. The predicted octanol–water partition coefficient (Wildman–Crippen LogP) is 2.03. The molecule has 1 fully saturated rings. The molecule has 1 unspecified atom stereocenters. The van der Waals surface area contributed by atoms with Crippen molar-refractivity contribution >= 4 is 5.91 Å². The Bertz CT molecular complexity index is 897. The number of nitrogens with one attached hydrogen (secondary N) is 1. The van der Waals surface area contributed by atoms with Gasteiger partial charge in [-0.15, -0.1) is 0 Å². The van der Waals surface area contributed by atoms with E-state index in [-0.39, 0.29) is 11.8 Å². The van der Waals surface area contributed by atoms with E-state index in [1.54, 1.807) is 17.1 Å². The van der Waals surface area contributed by atoms with Crippen LogP contribution in [0.2, 0.25) is 0 Å². The zero-order valence-corrected chi connectivity index (χ0v) is 14.3. The molecular formula is C18H20N6O. The lowest BCUT2D eigenvalue weighted by molar-refractivity contribution is -0.128. The molecule has 0 spiro atoms. The first kappa shape index (κ1) is 15.6. The third-order valence-corrected chi connectivity index (χ3v) is 4.56. The summed E-state index contributed by atoms with van der Waals surface area (Å²) in [6.45, 7) is 3.21. The second-order valence-corrected chi connectivity index (χ2v) is 6.49. The molecule has 0 aromatic carbocycles. The summed E-state index contributed by atoms with van der Waals surface area (Å²) in [6, 6.07) is 5.76. The molecule has 0 bridgehead atoms. The number of carbonyl (C=O) groups is 1. The highest BCUT2D eigenvalue weighted by molar-refractivity contribution is 5.79. The molecule has 7 nitrogen and oxygen atoms in total. The molecule has 1 aliphatic rings. The highest BCUT2D eigenvalue weighted by Gasteiger charge is 2.33. The first-order valence-corrected chi connectivity index (χ1v) is 8.33. The average Bonchev–Trinajstić information content (AvgIpc) is 3.28. The number of aromatic amines is 1. The molecule has 7 heteroatoms. The topological polar surface area (TPSA) is 79.7 Å². The number of carbonyl (C=O) groups excluding carboxylic acids is 1. The zero-order chi connectivity index (χ0) is 17.4. The van der Waals surface area contributed by atoms with Crippen molar-refractivity contribution in [3.05, 3.63) is 54.0 Å². The van der Waals surface area contributed by atoms with Gasteiger partial charge in [0.1, 0.15) is 5.82 Å². The lowest BCUT2D eigenvalue weighted by Crippen LogP contribution is -2.24. The van der Waals surface area contributed by atoms with Gasteiger partial charge in [0.05, 0.1) is 24.1 Å². The van der Waals surface area contributed by atoms with E-state index < -0.39 is 0 Å². The Balaban J connectivity index is 1.52. The molecule has 1 aliphatic heterocycles. The van der Waals surface area contributed by atoms with Crippen LogP contribution in [-0.4, -0.2) is 42.1 Å². The first-order chi connectivity index (χ1) is 12.1. The van der Waals surface area contributed by atoms with Crippen molar-refractivity contribution < 1.29 is 4.79 Å². The van der Waals surface area contributed by atoms with Gasteiger partial charge in [-0.05, 0) is 19.1 Å². The van der Waals surface area contributed by atoms with Crippen LogP contribution >= 0.6 is 0 Å². The van der Waals surface area contributed by atoms with Crippen LogP contribution in [-0.2, 0) is 18.4 Å². The highest BCUT2D eigenvalue weighted by Crippen LogP contribution is 2.30. The number of rotatable bonds is 4. The van der Waals surface area contributed by atoms with Gasteiger partial charge in [0.15, 0.2) is 0 Å². The number of hydrogen-bond donors (Lipinski definition) is 1. The second kappa shape index (κ2) is 6.16. The number of hydrogen-bond acceptors (Lipinski definition) is 4. The van der Waals surface area contributed by atoms with Gasteiger partial charge in [-0.2, -0.15) is 5.10 Å². The van der Waals surface area contributed by atoms with Crippen LogP contribution in [0.1, 0.15) is 29.6 Å². The SMILES string of the molecule is Cc1[nH]c(C2CC(=O)N(Cc3ccccn3)C2)nc1-c1cnn(C)c1. The fraction of sp³-hybridized carbons (Fsp3) is 0.333. The van der Waals surface area contributed by atoms with Gasteiger partial charge in [-0.1, -0.05) is 6.07 Å². The van der Waals surface area contributed by atoms with Crippen molar-refractivity contribution in [2.24, 2.45) is 7.05 Å². The highest BCUT2D eigenvalue weighted by atomic mass is 16.2. The van der Waals surface area contributed by atoms with Gasteiger partial charge in [0, 0.05) is 49.6 Å². The Morgan fingerprint density at radius 1 is 1.36 bits per heavy atom. The van der Waals surface area contributed by atoms with Gasteiger partial charge in [0.25, 0.3) is 0 Å². The van der Waals surface area contributed by atoms with Crippen molar-refractivity contribution in [3.63, 3.8) is 0 Å². The van der Waals surface area contributed by atoms with E-state index >= 15 is 0 Å². The van der Waals surface area contributed by atoms with E-state index in [4.69, 9.17) is 4.98 Å². The van der Waals surface area contributed by atoms with Crippen molar-refractivity contribution in [1.29, 1.82) is 0 Å². The average molecular weight is 336 g/mol. The van der Waals surface area contributed by atoms with Crippen LogP contribution in [0.4, 0.5) is 0 Å². The summed E-state index contributed by atoms with van der Waals surface area (Å²) >= 11 is 0. The fourth-order valence-electron chi connectivity index (χ4n) is 3.30. The minimum Gasteiger partial charge on any atom is -0.345 e. The summed E-state index contributed by atoms with van der Waals surface area (Å²) in [5.74, 6) is 1.10. The van der Waals surface area contributed by atoms with E-state index in [1.165, 1.54) is 0 Å². The predicted molar refractivity (Wildman–Crippen MR) is 92.5 cm³/mol. The van der Waals surface area contributed by atoms with Crippen molar-refractivity contribution in [2.45, 2.75) is 25.8 Å². The molecular weight excluding hydrogens is 316 g/mol. The molecule has 25 heavy (non-hydrogen) atoms. The summed E-state index contributed by atoms with van der Waals surface area (Å²) in [7, 11) is 1.89. The van der Waals surface area contributed by atoms with Crippen molar-refractivity contribution in [1.82, 2.24) is 29.6 Å². The number of likely N-dealkylation sites (tertiary alicyclic amines) is 1. The molecule has 0 saturated carbocycles. The van der Waals surface area contributed by atoms with Crippen LogP contribution in [0.5, 0.6) is 0 Å². The summed E-state index contributed by atoms with van der Waals surface area (Å²) in [6.07, 6.45) is 5.98. The second-order valence-electron chi connectivity index (χ2n) is 6.49. The molecule has 1 saturated heterocycles. The standard InChI is InChI=1S/C18H20N6O/c1-12-17(14-8-20-23(2)9-14)22-18(21-12)13-7-16(25)24(10-13)11-15-5-3-4-6-19-15/h3-6,8-9,13H,7,10-11H2,1-2H3,(H,21,22). The molecule has 3 aromatic rings. The van der Waals surface area contributed by atoms with Gasteiger partial charge in [-0.25, -0.2) is 4.98 Å². The molecule has 0 radical (unpaired) electrons. The minimum atomic E-state index is 0.0836. The van der Waals surface area contributed by atoms with Crippen LogP contribution < -0.4 is 0 Å². The van der Waals surface area contributed by atoms with Gasteiger partial charge in [0.2, 0.25) is 5.91 Å². The Labute approximate surface area is 145 Å². The number of aromatic nitrogens is 5. The maximum absolute atomic E-state index is 12.4. The normalized spacial score (nSPS) is 17.4. The quantitative estimate of drug-likeness (QED) is 0.790. The van der Waals surface area contributed by atoms with Crippen molar-refractivity contribution in [2.75, 3.05) is 6.54 Å². The number of amides is 1. The lowest BCUT2D eigenvalue weighted by atomic mass is 10.1. The zero-order valence-electron chi connectivity index (χ0n) is 14.3. The largest absolute Gasteiger partial charge is 0.345 e. The lowest BCUT2D eigenvalue weighted by Gasteiger charge is -2.15. The van der Waals surface area contributed by atoms with Gasteiger partial charge in [-0.3, -0.25) is 14.5 Å². The third-order valence-electron chi connectivity index (χ3n) is 4.56. The summed E-state index contributed by atoms with van der Waals surface area (Å²) in [4.78, 5) is 26.6. The number of nitrogens with zero attached hydrogens (tertiary/aromatic N) is 5. The van der Waals surface area contributed by atoms with E-state index in [0.717, 1.165) is 28.5 Å². The van der Waals surface area contributed by atoms with E-state index in [2.05, 4.69) is 15.1 Å². The number of H-pyrrole nitrogens is 1. The molecule has 3 aromatic heterocycles. The molecule has 1 atom stereocenters. The smallest absolute Gasteiger partial charge is 0.223 e. The monoisotopic (exact) mass is 336 g/mol. The van der Waals surface area contributed by atoms with E-state index in [0.29, 0.717) is 19.5 Å². The Morgan fingerprint density at radius 3 is 2.96 bits per heavy atom. The Morgan fingerprint density at radius 2 is 2.24 bits per heavy atom. The van der Waals surface area contributed by atoms with Gasteiger partial charge < -0.3 is 9.88 Å². The fourth-order valence-corrected chi connectivity index (χ4v) is 3.30. The van der Waals surface area contributed by atoms with E-state index in [1.807, 2.05) is 43.3 Å². The maximum atomic E-state index is 12.4. The summed E-state index contributed by atoms with van der Waals surface area (Å²) in [5, 5.41) is 4.21. The molecule has 1 N–H and O–H groups in total. The number of pyridine rings is 1. The molecule has 1 amide bonds. The Hall–Kier alpha value is -2.96. The molecule has 4 rings (SSSR count). The summed E-state index contributed by atoms with van der Waals surface area (Å²) < 4.78 is 1.76. The van der Waals surface area contributed by atoms with Crippen LogP contribution in [0, 0.1) is 6.92 Å². The number of imidazole rings is 1. The Kier molecular flexibility index (Phi) is 3.83. The molecule has 0 aliphatic carbocycles. The van der Waals surface area contributed by atoms with Crippen LogP contribution in [0.3, 0.4) is 0 Å². The van der Waals surface area contributed by atoms with Crippen molar-refractivity contribution in [3.8, 4) is 11.3 Å². The molecule has 128 valence electrons.